The van der Waals surface area contributed by atoms with Gasteiger partial charge in [0.25, 0.3) is 5.69 Å². The lowest BCUT2D eigenvalue weighted by molar-refractivity contribution is -0.384. The van der Waals surface area contributed by atoms with Gasteiger partial charge in [-0.3, -0.25) is 10.1 Å². The molecule has 20 heavy (non-hydrogen) atoms. The molecule has 0 spiro atoms. The Labute approximate surface area is 118 Å². The molecule has 0 unspecified atom stereocenters. The van der Waals surface area contributed by atoms with Crippen LogP contribution in [0.5, 0.6) is 0 Å². The number of anilines is 1. The van der Waals surface area contributed by atoms with Gasteiger partial charge in [-0.05, 0) is 29.7 Å². The maximum absolute atomic E-state index is 11.1. The molecule has 0 bridgehead atoms. The minimum absolute atomic E-state index is 0.00483. The van der Waals surface area contributed by atoms with Crippen molar-refractivity contribution in [3.8, 4) is 10.4 Å². The summed E-state index contributed by atoms with van der Waals surface area (Å²) in [6.45, 7) is 1.89. The van der Waals surface area contributed by atoms with Crippen molar-refractivity contribution < 1.29 is 14.8 Å². The lowest BCUT2D eigenvalue weighted by Gasteiger charge is -2.02. The SMILES string of the molecule is CCc1c(-c2ccc([N+](=O)[O-])cc2)sc(C(=O)O)c1N. The number of nitrogens with zero attached hydrogens (tertiary/aromatic N) is 1. The lowest BCUT2D eigenvalue weighted by Crippen LogP contribution is -1.99. The number of non-ortho nitro benzene ring substituents is 1. The maximum Gasteiger partial charge on any atom is 0.348 e. The van der Waals surface area contributed by atoms with Gasteiger partial charge in [-0.15, -0.1) is 11.3 Å². The lowest BCUT2D eigenvalue weighted by atomic mass is 10.1. The van der Waals surface area contributed by atoms with Crippen LogP contribution in [0.4, 0.5) is 11.4 Å². The van der Waals surface area contributed by atoms with E-state index in [0.29, 0.717) is 6.42 Å². The summed E-state index contributed by atoms with van der Waals surface area (Å²) in [6, 6.07) is 6.00. The second-order valence-corrected chi connectivity index (χ2v) is 5.14. The molecular weight excluding hydrogens is 280 g/mol. The number of rotatable bonds is 4. The van der Waals surface area contributed by atoms with Crippen molar-refractivity contribution in [2.75, 3.05) is 5.73 Å². The highest BCUT2D eigenvalue weighted by atomic mass is 32.1. The summed E-state index contributed by atoms with van der Waals surface area (Å²) in [6.07, 6.45) is 0.599. The number of carbonyl (C=O) groups is 1. The van der Waals surface area contributed by atoms with E-state index in [1.54, 1.807) is 12.1 Å². The van der Waals surface area contributed by atoms with Crippen LogP contribution < -0.4 is 5.73 Å². The highest BCUT2D eigenvalue weighted by Gasteiger charge is 2.20. The number of carboxylic acids is 1. The first-order valence-corrected chi connectivity index (χ1v) is 6.66. The maximum atomic E-state index is 11.1. The third-order valence-electron chi connectivity index (χ3n) is 2.94. The summed E-state index contributed by atoms with van der Waals surface area (Å²) in [7, 11) is 0. The van der Waals surface area contributed by atoms with Crippen molar-refractivity contribution >= 4 is 28.7 Å². The molecule has 1 aromatic carbocycles. The number of nitro groups is 1. The molecule has 6 nitrogen and oxygen atoms in total. The quantitative estimate of drug-likeness (QED) is 0.665. The van der Waals surface area contributed by atoms with Gasteiger partial charge in [-0.25, -0.2) is 4.79 Å². The first-order valence-electron chi connectivity index (χ1n) is 5.85. The predicted molar refractivity (Wildman–Crippen MR) is 77.2 cm³/mol. The van der Waals surface area contributed by atoms with Gasteiger partial charge < -0.3 is 10.8 Å². The van der Waals surface area contributed by atoms with Crippen LogP contribution in [-0.2, 0) is 6.42 Å². The Kier molecular flexibility index (Phi) is 3.71. The van der Waals surface area contributed by atoms with Crippen molar-refractivity contribution in [1.29, 1.82) is 0 Å². The van der Waals surface area contributed by atoms with Crippen LogP contribution in [0.1, 0.15) is 22.2 Å². The second kappa shape index (κ2) is 5.30. The fourth-order valence-corrected chi connectivity index (χ4v) is 3.11. The molecule has 0 aliphatic rings. The summed E-state index contributed by atoms with van der Waals surface area (Å²) < 4.78 is 0. The van der Waals surface area contributed by atoms with Crippen LogP contribution in [0.25, 0.3) is 10.4 Å². The van der Waals surface area contributed by atoms with Crippen LogP contribution in [0.2, 0.25) is 0 Å². The van der Waals surface area contributed by atoms with Gasteiger partial charge in [0.2, 0.25) is 0 Å². The molecule has 2 rings (SSSR count). The Bertz CT molecular complexity index is 676. The summed E-state index contributed by atoms with van der Waals surface area (Å²) in [4.78, 5) is 22.1. The molecule has 104 valence electrons. The number of hydrogen-bond acceptors (Lipinski definition) is 5. The van der Waals surface area contributed by atoms with Crippen LogP contribution in [0.3, 0.4) is 0 Å². The van der Waals surface area contributed by atoms with Crippen LogP contribution in [-0.4, -0.2) is 16.0 Å². The highest BCUT2D eigenvalue weighted by molar-refractivity contribution is 7.18. The average Bonchev–Trinajstić information content (AvgIpc) is 2.75. The zero-order chi connectivity index (χ0) is 14.9. The Hall–Kier alpha value is -2.41. The van der Waals surface area contributed by atoms with Crippen molar-refractivity contribution in [3.05, 3.63) is 44.8 Å². The van der Waals surface area contributed by atoms with Crippen LogP contribution >= 0.6 is 11.3 Å². The molecule has 1 heterocycles. The molecule has 0 aliphatic carbocycles. The number of aromatic carboxylic acids is 1. The van der Waals surface area contributed by atoms with Crippen molar-refractivity contribution in [2.45, 2.75) is 13.3 Å². The molecule has 0 fully saturated rings. The molecule has 1 aromatic heterocycles. The molecule has 0 atom stereocenters. The standard InChI is InChI=1S/C13H12N2O4S/c1-2-9-10(14)12(13(16)17)20-11(9)7-3-5-8(6-4-7)15(18)19/h3-6H,2,14H2,1H3,(H,16,17). The number of hydrogen-bond donors (Lipinski definition) is 2. The fourth-order valence-electron chi connectivity index (χ4n) is 1.96. The number of nitrogen functional groups attached to an aromatic ring is 1. The van der Waals surface area contributed by atoms with Crippen molar-refractivity contribution in [1.82, 2.24) is 0 Å². The Morgan fingerprint density at radius 2 is 2.00 bits per heavy atom. The Morgan fingerprint density at radius 1 is 1.40 bits per heavy atom. The van der Waals surface area contributed by atoms with Gasteiger partial charge in [0.05, 0.1) is 10.6 Å². The Morgan fingerprint density at radius 3 is 2.45 bits per heavy atom. The van der Waals surface area contributed by atoms with Gasteiger partial charge in [-0.2, -0.15) is 0 Å². The summed E-state index contributed by atoms with van der Waals surface area (Å²) in [5.74, 6) is -1.06. The third kappa shape index (κ3) is 2.35. The zero-order valence-electron chi connectivity index (χ0n) is 10.6. The molecule has 0 amide bonds. The van der Waals surface area contributed by atoms with E-state index in [-0.39, 0.29) is 16.3 Å². The van der Waals surface area contributed by atoms with Crippen molar-refractivity contribution in [3.63, 3.8) is 0 Å². The monoisotopic (exact) mass is 292 g/mol. The van der Waals surface area contributed by atoms with Gasteiger partial charge in [-0.1, -0.05) is 6.92 Å². The Balaban J connectivity index is 2.54. The van der Waals surface area contributed by atoms with E-state index in [1.807, 2.05) is 6.92 Å². The smallest absolute Gasteiger partial charge is 0.348 e. The molecule has 0 saturated carbocycles. The van der Waals surface area contributed by atoms with E-state index in [1.165, 1.54) is 12.1 Å². The fraction of sp³-hybridized carbons (Fsp3) is 0.154. The topological polar surface area (TPSA) is 106 Å². The zero-order valence-corrected chi connectivity index (χ0v) is 11.4. The predicted octanol–water partition coefficient (Wildman–Crippen LogP) is 3.17. The van der Waals surface area contributed by atoms with E-state index in [0.717, 1.165) is 27.3 Å². The van der Waals surface area contributed by atoms with Gasteiger partial charge in [0, 0.05) is 17.0 Å². The molecular formula is C13H12N2O4S. The van der Waals surface area contributed by atoms with E-state index >= 15 is 0 Å². The van der Waals surface area contributed by atoms with Crippen LogP contribution in [0, 0.1) is 10.1 Å². The van der Waals surface area contributed by atoms with Crippen LogP contribution in [0.15, 0.2) is 24.3 Å². The number of thiophene rings is 1. The summed E-state index contributed by atoms with van der Waals surface area (Å²) >= 11 is 1.09. The summed E-state index contributed by atoms with van der Waals surface area (Å²) in [5, 5.41) is 19.7. The average molecular weight is 292 g/mol. The van der Waals surface area contributed by atoms with Gasteiger partial charge in [0.1, 0.15) is 4.88 Å². The number of nitrogens with two attached hydrogens (primary N) is 1. The molecule has 7 heteroatoms. The molecule has 0 radical (unpaired) electrons. The number of nitro benzene ring substituents is 1. The molecule has 3 N–H and O–H groups in total. The first-order chi connectivity index (χ1) is 9.45. The molecule has 0 aliphatic heterocycles. The minimum atomic E-state index is -1.06. The molecule has 2 aromatic rings. The highest BCUT2D eigenvalue weighted by Crippen LogP contribution is 2.39. The van der Waals surface area contributed by atoms with E-state index in [2.05, 4.69) is 0 Å². The minimum Gasteiger partial charge on any atom is -0.477 e. The first kappa shape index (κ1) is 14.0. The normalized spacial score (nSPS) is 10.4. The van der Waals surface area contributed by atoms with E-state index in [9.17, 15) is 14.9 Å². The number of carboxylic acid groups (broad SMARTS) is 1. The number of benzene rings is 1. The molecule has 0 saturated heterocycles. The second-order valence-electron chi connectivity index (χ2n) is 4.12. The van der Waals surface area contributed by atoms with E-state index < -0.39 is 10.9 Å². The largest absolute Gasteiger partial charge is 0.477 e. The van der Waals surface area contributed by atoms with Crippen molar-refractivity contribution in [2.24, 2.45) is 0 Å². The van der Waals surface area contributed by atoms with Gasteiger partial charge in [0.15, 0.2) is 0 Å². The van der Waals surface area contributed by atoms with E-state index in [4.69, 9.17) is 10.8 Å². The van der Waals surface area contributed by atoms with Gasteiger partial charge >= 0.3 is 5.97 Å². The third-order valence-corrected chi connectivity index (χ3v) is 4.22. The summed E-state index contributed by atoms with van der Waals surface area (Å²) in [5.41, 5.74) is 7.62.